The zero-order chi connectivity index (χ0) is 19.7. The fraction of sp³-hybridized carbons (Fsp3) is 0.909. The lowest BCUT2D eigenvalue weighted by molar-refractivity contribution is -0.0730. The van der Waals surface area contributed by atoms with Crippen LogP contribution in [0.5, 0.6) is 0 Å². The molecule has 0 spiro atoms. The van der Waals surface area contributed by atoms with E-state index in [-0.39, 0.29) is 6.61 Å². The van der Waals surface area contributed by atoms with Gasteiger partial charge in [0, 0.05) is 6.61 Å². The van der Waals surface area contributed by atoms with Crippen LogP contribution >= 0.6 is 0 Å². The van der Waals surface area contributed by atoms with Gasteiger partial charge < -0.3 is 24.8 Å². The van der Waals surface area contributed by atoms with Crippen molar-refractivity contribution in [1.29, 1.82) is 0 Å². The lowest BCUT2D eigenvalue weighted by Crippen LogP contribution is -2.41. The highest BCUT2D eigenvalue weighted by molar-refractivity contribution is 4.88. The molecule has 0 aliphatic carbocycles. The standard InChI is InChI=1S/C22H42O5/c1-2-3-4-5-6-7-8-9-10-11-12-13-14-15-16-26-20-18-27-22(21(20)25)19(24)17-23/h3-4,19-25H,2,5-18H2,1H3/b4-3+/t19-,20+,21-,22-/m0/s1. The highest BCUT2D eigenvalue weighted by atomic mass is 16.6. The van der Waals surface area contributed by atoms with E-state index in [4.69, 9.17) is 14.6 Å². The third kappa shape index (κ3) is 11.2. The van der Waals surface area contributed by atoms with Crippen LogP contribution < -0.4 is 0 Å². The number of hydrogen-bond acceptors (Lipinski definition) is 5. The van der Waals surface area contributed by atoms with E-state index in [2.05, 4.69) is 19.1 Å². The van der Waals surface area contributed by atoms with Gasteiger partial charge in [-0.25, -0.2) is 0 Å². The Morgan fingerprint density at radius 2 is 1.56 bits per heavy atom. The Labute approximate surface area is 165 Å². The molecule has 1 heterocycles. The molecular weight excluding hydrogens is 344 g/mol. The van der Waals surface area contributed by atoms with Crippen molar-refractivity contribution in [3.8, 4) is 0 Å². The summed E-state index contributed by atoms with van der Waals surface area (Å²) in [7, 11) is 0. The first-order chi connectivity index (χ1) is 13.2. The van der Waals surface area contributed by atoms with Gasteiger partial charge in [-0.3, -0.25) is 0 Å². The number of aliphatic hydroxyl groups excluding tert-OH is 3. The minimum atomic E-state index is -1.05. The highest BCUT2D eigenvalue weighted by Gasteiger charge is 2.40. The summed E-state index contributed by atoms with van der Waals surface area (Å²) in [6.45, 7) is 2.65. The van der Waals surface area contributed by atoms with Gasteiger partial charge in [0.05, 0.1) is 13.2 Å². The Kier molecular flexibility index (Phi) is 15.0. The van der Waals surface area contributed by atoms with Crippen LogP contribution in [0.15, 0.2) is 12.2 Å². The molecule has 0 aromatic carbocycles. The lowest BCUT2D eigenvalue weighted by atomic mass is 10.1. The number of allylic oxidation sites excluding steroid dienone is 2. The first-order valence-corrected chi connectivity index (χ1v) is 11.1. The Bertz CT molecular complexity index is 361. The van der Waals surface area contributed by atoms with Crippen molar-refractivity contribution in [2.75, 3.05) is 19.8 Å². The third-order valence-corrected chi connectivity index (χ3v) is 5.24. The maximum atomic E-state index is 10.0. The Hall–Kier alpha value is -0.460. The van der Waals surface area contributed by atoms with Crippen LogP contribution in [0, 0.1) is 0 Å². The molecule has 3 N–H and O–H groups in total. The van der Waals surface area contributed by atoms with Crippen molar-refractivity contribution in [3.63, 3.8) is 0 Å². The lowest BCUT2D eigenvalue weighted by Gasteiger charge is -2.20. The molecule has 0 amide bonds. The van der Waals surface area contributed by atoms with Gasteiger partial charge in [0.25, 0.3) is 0 Å². The molecule has 27 heavy (non-hydrogen) atoms. The SMILES string of the molecule is CC/C=C/CCCCCCCCCCCCO[C@@H]1CO[C@@H]([C@@H](O)CO)[C@H]1O. The first kappa shape index (κ1) is 24.6. The quantitative estimate of drug-likeness (QED) is 0.262. The summed E-state index contributed by atoms with van der Waals surface area (Å²) >= 11 is 0. The zero-order valence-corrected chi connectivity index (χ0v) is 17.2. The minimum absolute atomic E-state index is 0.276. The van der Waals surface area contributed by atoms with Gasteiger partial charge in [-0.05, 0) is 25.7 Å². The average molecular weight is 387 g/mol. The normalized spacial score (nSPS) is 24.1. The van der Waals surface area contributed by atoms with E-state index in [0.717, 1.165) is 19.3 Å². The van der Waals surface area contributed by atoms with Crippen molar-refractivity contribution in [3.05, 3.63) is 12.2 Å². The topological polar surface area (TPSA) is 79.2 Å². The molecule has 0 radical (unpaired) electrons. The number of rotatable bonds is 17. The van der Waals surface area contributed by atoms with E-state index >= 15 is 0 Å². The van der Waals surface area contributed by atoms with E-state index in [9.17, 15) is 10.2 Å². The molecule has 1 aliphatic rings. The monoisotopic (exact) mass is 386 g/mol. The maximum Gasteiger partial charge on any atom is 0.114 e. The van der Waals surface area contributed by atoms with E-state index in [1.807, 2.05) is 0 Å². The van der Waals surface area contributed by atoms with Crippen molar-refractivity contribution in [2.45, 2.75) is 108 Å². The molecule has 0 aromatic rings. The molecule has 5 nitrogen and oxygen atoms in total. The van der Waals surface area contributed by atoms with Gasteiger partial charge in [0.2, 0.25) is 0 Å². The van der Waals surface area contributed by atoms with Crippen LogP contribution in [0.2, 0.25) is 0 Å². The van der Waals surface area contributed by atoms with Crippen LogP contribution in [0.4, 0.5) is 0 Å². The Morgan fingerprint density at radius 1 is 0.963 bits per heavy atom. The average Bonchev–Trinajstić information content (AvgIpc) is 3.04. The molecule has 0 unspecified atom stereocenters. The predicted octanol–water partition coefficient (Wildman–Crippen LogP) is 3.74. The molecule has 1 fully saturated rings. The van der Waals surface area contributed by atoms with Crippen molar-refractivity contribution in [1.82, 2.24) is 0 Å². The van der Waals surface area contributed by atoms with Crippen molar-refractivity contribution in [2.24, 2.45) is 0 Å². The van der Waals surface area contributed by atoms with Gasteiger partial charge in [-0.1, -0.05) is 70.4 Å². The summed E-state index contributed by atoms with van der Waals surface area (Å²) in [5.74, 6) is 0. The molecule has 0 aromatic heterocycles. The zero-order valence-electron chi connectivity index (χ0n) is 17.2. The predicted molar refractivity (Wildman–Crippen MR) is 109 cm³/mol. The second-order valence-corrected chi connectivity index (χ2v) is 7.65. The summed E-state index contributed by atoms with van der Waals surface area (Å²) in [5.41, 5.74) is 0. The van der Waals surface area contributed by atoms with Gasteiger partial charge >= 0.3 is 0 Å². The summed E-state index contributed by atoms with van der Waals surface area (Å²) in [6, 6.07) is 0. The smallest absolute Gasteiger partial charge is 0.114 e. The fourth-order valence-electron chi connectivity index (χ4n) is 3.50. The van der Waals surface area contributed by atoms with Crippen molar-refractivity contribution >= 4 is 0 Å². The molecule has 0 saturated carbocycles. The third-order valence-electron chi connectivity index (χ3n) is 5.24. The van der Waals surface area contributed by atoms with Gasteiger partial charge in [-0.2, -0.15) is 0 Å². The van der Waals surface area contributed by atoms with Crippen molar-refractivity contribution < 1.29 is 24.8 Å². The summed E-state index contributed by atoms with van der Waals surface area (Å²) < 4.78 is 11.0. The molecule has 0 bridgehead atoms. The Morgan fingerprint density at radius 3 is 2.15 bits per heavy atom. The summed E-state index contributed by atoms with van der Waals surface area (Å²) in [5, 5.41) is 28.5. The van der Waals surface area contributed by atoms with Gasteiger partial charge in [-0.15, -0.1) is 0 Å². The molecule has 1 aliphatic heterocycles. The highest BCUT2D eigenvalue weighted by Crippen LogP contribution is 2.20. The molecule has 1 saturated heterocycles. The van der Waals surface area contributed by atoms with Gasteiger partial charge in [0.1, 0.15) is 24.4 Å². The molecule has 4 atom stereocenters. The maximum absolute atomic E-state index is 10.0. The van der Waals surface area contributed by atoms with E-state index in [0.29, 0.717) is 6.61 Å². The van der Waals surface area contributed by atoms with Crippen LogP contribution in [-0.4, -0.2) is 59.6 Å². The molecule has 5 heteroatoms. The molecule has 160 valence electrons. The van der Waals surface area contributed by atoms with E-state index in [1.165, 1.54) is 57.8 Å². The summed E-state index contributed by atoms with van der Waals surface area (Å²) in [4.78, 5) is 0. The van der Waals surface area contributed by atoms with Crippen LogP contribution in [0.1, 0.15) is 84.0 Å². The number of hydrogen-bond donors (Lipinski definition) is 3. The number of unbranched alkanes of at least 4 members (excludes halogenated alkanes) is 10. The summed E-state index contributed by atoms with van der Waals surface area (Å²) in [6.07, 6.45) is 16.7. The second-order valence-electron chi connectivity index (χ2n) is 7.65. The Balaban J connectivity index is 1.84. The molecule has 1 rings (SSSR count). The van der Waals surface area contributed by atoms with Crippen LogP contribution in [-0.2, 0) is 9.47 Å². The number of aliphatic hydroxyl groups is 3. The van der Waals surface area contributed by atoms with E-state index < -0.39 is 31.0 Å². The fourth-order valence-corrected chi connectivity index (χ4v) is 3.50. The second kappa shape index (κ2) is 16.5. The molecular formula is C22H42O5. The van der Waals surface area contributed by atoms with Crippen LogP contribution in [0.25, 0.3) is 0 Å². The minimum Gasteiger partial charge on any atom is -0.394 e. The first-order valence-electron chi connectivity index (χ1n) is 11.1. The van der Waals surface area contributed by atoms with Crippen LogP contribution in [0.3, 0.4) is 0 Å². The largest absolute Gasteiger partial charge is 0.394 e. The van der Waals surface area contributed by atoms with E-state index in [1.54, 1.807) is 0 Å². The van der Waals surface area contributed by atoms with Gasteiger partial charge in [0.15, 0.2) is 0 Å². The number of ether oxygens (including phenoxy) is 2.